The zero-order valence-corrected chi connectivity index (χ0v) is 11.1. The van der Waals surface area contributed by atoms with Gasteiger partial charge >= 0.3 is 12.0 Å². The summed E-state index contributed by atoms with van der Waals surface area (Å²) in [6, 6.07) is 4.18. The summed E-state index contributed by atoms with van der Waals surface area (Å²) < 4.78 is 10.2. The van der Waals surface area contributed by atoms with E-state index in [0.717, 1.165) is 0 Å². The van der Waals surface area contributed by atoms with Gasteiger partial charge in [-0.15, -0.1) is 0 Å². The summed E-state index contributed by atoms with van der Waals surface area (Å²) >= 11 is 0. The number of morpholine rings is 1. The summed E-state index contributed by atoms with van der Waals surface area (Å²) in [5.41, 5.74) is 0.542. The molecular weight excluding hydrogens is 264 g/mol. The van der Waals surface area contributed by atoms with Gasteiger partial charge in [-0.3, -0.25) is 0 Å². The van der Waals surface area contributed by atoms with Gasteiger partial charge < -0.3 is 24.8 Å². The first-order valence-electron chi connectivity index (χ1n) is 6.17. The maximum atomic E-state index is 12.0. The van der Waals surface area contributed by atoms with Gasteiger partial charge in [0.15, 0.2) is 0 Å². The standard InChI is InChI=1S/C13H16N2O5/c1-19-11-8-9(2-3-10(11)12(16)17)14-13(18)15-4-6-20-7-5-15/h2-3,8H,4-7H2,1H3,(H,14,18)(H,16,17). The van der Waals surface area contributed by atoms with Crippen molar-refractivity contribution in [2.45, 2.75) is 0 Å². The average Bonchev–Trinajstić information content (AvgIpc) is 2.47. The van der Waals surface area contributed by atoms with Gasteiger partial charge in [-0.1, -0.05) is 0 Å². The summed E-state index contributed by atoms with van der Waals surface area (Å²) in [5.74, 6) is -0.870. The second-order valence-electron chi connectivity index (χ2n) is 4.25. The van der Waals surface area contributed by atoms with E-state index in [1.807, 2.05) is 0 Å². The number of ether oxygens (including phenoxy) is 2. The summed E-state index contributed by atoms with van der Waals surface area (Å²) in [6.07, 6.45) is 0. The van der Waals surface area contributed by atoms with Crippen LogP contribution in [0.2, 0.25) is 0 Å². The number of benzene rings is 1. The quantitative estimate of drug-likeness (QED) is 0.870. The van der Waals surface area contributed by atoms with Crippen LogP contribution in [0.4, 0.5) is 10.5 Å². The minimum absolute atomic E-state index is 0.0527. The lowest BCUT2D eigenvalue weighted by Crippen LogP contribution is -2.43. The van der Waals surface area contributed by atoms with E-state index in [-0.39, 0.29) is 17.3 Å². The highest BCUT2D eigenvalue weighted by atomic mass is 16.5. The van der Waals surface area contributed by atoms with Crippen LogP contribution in [0.5, 0.6) is 5.75 Å². The number of carbonyl (C=O) groups is 2. The molecule has 0 atom stereocenters. The van der Waals surface area contributed by atoms with E-state index >= 15 is 0 Å². The molecule has 7 heteroatoms. The van der Waals surface area contributed by atoms with E-state index in [4.69, 9.17) is 14.6 Å². The molecule has 0 aromatic heterocycles. The number of nitrogens with one attached hydrogen (secondary N) is 1. The van der Waals surface area contributed by atoms with Crippen molar-refractivity contribution >= 4 is 17.7 Å². The molecule has 0 bridgehead atoms. The van der Waals surface area contributed by atoms with Crippen LogP contribution in [0.25, 0.3) is 0 Å². The lowest BCUT2D eigenvalue weighted by Gasteiger charge is -2.27. The fraction of sp³-hybridized carbons (Fsp3) is 0.385. The van der Waals surface area contributed by atoms with E-state index < -0.39 is 5.97 Å². The van der Waals surface area contributed by atoms with Gasteiger partial charge in [0.2, 0.25) is 0 Å². The third kappa shape index (κ3) is 3.18. The number of carboxylic acids is 1. The van der Waals surface area contributed by atoms with Crippen LogP contribution >= 0.6 is 0 Å². The smallest absolute Gasteiger partial charge is 0.339 e. The Morgan fingerprint density at radius 1 is 1.35 bits per heavy atom. The first kappa shape index (κ1) is 14.1. The van der Waals surface area contributed by atoms with E-state index in [9.17, 15) is 9.59 Å². The van der Waals surface area contributed by atoms with E-state index in [1.165, 1.54) is 25.3 Å². The Hall–Kier alpha value is -2.28. The molecule has 2 N–H and O–H groups in total. The van der Waals surface area contributed by atoms with Gasteiger partial charge in [0, 0.05) is 24.8 Å². The molecule has 7 nitrogen and oxygen atoms in total. The molecule has 0 radical (unpaired) electrons. The number of urea groups is 1. The summed E-state index contributed by atoms with van der Waals surface area (Å²) in [7, 11) is 1.38. The van der Waals surface area contributed by atoms with Crippen molar-refractivity contribution in [3.63, 3.8) is 0 Å². The highest BCUT2D eigenvalue weighted by Gasteiger charge is 2.18. The molecular formula is C13H16N2O5. The van der Waals surface area contributed by atoms with Crippen molar-refractivity contribution in [2.24, 2.45) is 0 Å². The molecule has 20 heavy (non-hydrogen) atoms. The minimum Gasteiger partial charge on any atom is -0.496 e. The molecule has 1 aliphatic heterocycles. The van der Waals surface area contributed by atoms with Crippen molar-refractivity contribution in [2.75, 3.05) is 38.7 Å². The summed E-state index contributed by atoms with van der Waals surface area (Å²) in [4.78, 5) is 24.6. The summed E-state index contributed by atoms with van der Waals surface area (Å²) in [5, 5.41) is 11.7. The average molecular weight is 280 g/mol. The molecule has 1 aromatic carbocycles. The Morgan fingerprint density at radius 3 is 2.65 bits per heavy atom. The predicted molar refractivity (Wildman–Crippen MR) is 71.4 cm³/mol. The lowest BCUT2D eigenvalue weighted by atomic mass is 10.2. The van der Waals surface area contributed by atoms with Crippen LogP contribution in [-0.2, 0) is 4.74 Å². The van der Waals surface area contributed by atoms with Crippen molar-refractivity contribution in [3.05, 3.63) is 23.8 Å². The molecule has 0 unspecified atom stereocenters. The van der Waals surface area contributed by atoms with Gasteiger partial charge in [-0.05, 0) is 12.1 Å². The van der Waals surface area contributed by atoms with Crippen molar-refractivity contribution in [3.8, 4) is 5.75 Å². The van der Waals surface area contributed by atoms with Gasteiger partial charge in [-0.2, -0.15) is 0 Å². The van der Waals surface area contributed by atoms with Crippen LogP contribution in [0, 0.1) is 0 Å². The molecule has 0 saturated carbocycles. The Balaban J connectivity index is 2.09. The monoisotopic (exact) mass is 280 g/mol. The highest BCUT2D eigenvalue weighted by Crippen LogP contribution is 2.23. The number of anilines is 1. The second-order valence-corrected chi connectivity index (χ2v) is 4.25. The lowest BCUT2D eigenvalue weighted by molar-refractivity contribution is 0.0564. The SMILES string of the molecule is COc1cc(NC(=O)N2CCOCC2)ccc1C(=O)O. The molecule has 1 heterocycles. The van der Waals surface area contributed by atoms with Gasteiger partial charge in [0.25, 0.3) is 0 Å². The predicted octanol–water partition coefficient (Wildman–Crippen LogP) is 1.26. The van der Waals surface area contributed by atoms with E-state index in [0.29, 0.717) is 32.0 Å². The molecule has 2 amide bonds. The van der Waals surface area contributed by atoms with Crippen LogP contribution in [0.15, 0.2) is 18.2 Å². The number of hydrogen-bond donors (Lipinski definition) is 2. The second kappa shape index (κ2) is 6.25. The normalized spacial score (nSPS) is 14.8. The molecule has 1 fully saturated rings. The van der Waals surface area contributed by atoms with E-state index in [2.05, 4.69) is 5.32 Å². The largest absolute Gasteiger partial charge is 0.496 e. The minimum atomic E-state index is -1.08. The maximum absolute atomic E-state index is 12.0. The first-order chi connectivity index (χ1) is 9.61. The van der Waals surface area contributed by atoms with Gasteiger partial charge in [-0.25, -0.2) is 9.59 Å². The molecule has 1 aromatic rings. The third-order valence-electron chi connectivity index (χ3n) is 2.98. The molecule has 1 aliphatic rings. The van der Waals surface area contributed by atoms with Gasteiger partial charge in [0.1, 0.15) is 11.3 Å². The number of rotatable bonds is 3. The molecule has 108 valence electrons. The van der Waals surface area contributed by atoms with Crippen LogP contribution < -0.4 is 10.1 Å². The Kier molecular flexibility index (Phi) is 4.41. The van der Waals surface area contributed by atoms with Crippen LogP contribution in [0.3, 0.4) is 0 Å². The zero-order chi connectivity index (χ0) is 14.5. The maximum Gasteiger partial charge on any atom is 0.339 e. The van der Waals surface area contributed by atoms with Gasteiger partial charge in [0.05, 0.1) is 20.3 Å². The van der Waals surface area contributed by atoms with Crippen molar-refractivity contribution in [1.29, 1.82) is 0 Å². The van der Waals surface area contributed by atoms with Crippen molar-refractivity contribution < 1.29 is 24.2 Å². The number of carbonyl (C=O) groups excluding carboxylic acids is 1. The van der Waals surface area contributed by atoms with Crippen molar-refractivity contribution in [1.82, 2.24) is 4.90 Å². The first-order valence-corrected chi connectivity index (χ1v) is 6.17. The Labute approximate surface area is 116 Å². The van der Waals surface area contributed by atoms with E-state index in [1.54, 1.807) is 4.90 Å². The fourth-order valence-electron chi connectivity index (χ4n) is 1.91. The Bertz CT molecular complexity index is 511. The topological polar surface area (TPSA) is 88.1 Å². The number of hydrogen-bond acceptors (Lipinski definition) is 4. The zero-order valence-electron chi connectivity index (χ0n) is 11.1. The third-order valence-corrected chi connectivity index (χ3v) is 2.98. The number of carboxylic acid groups (broad SMARTS) is 1. The Morgan fingerprint density at radius 2 is 2.05 bits per heavy atom. The number of nitrogens with zero attached hydrogens (tertiary/aromatic N) is 1. The fourth-order valence-corrected chi connectivity index (χ4v) is 1.91. The number of aromatic carboxylic acids is 1. The van der Waals surface area contributed by atoms with Crippen LogP contribution in [0.1, 0.15) is 10.4 Å². The number of amides is 2. The molecule has 0 spiro atoms. The van der Waals surface area contributed by atoms with Crippen LogP contribution in [-0.4, -0.2) is 55.4 Å². The molecule has 0 aliphatic carbocycles. The number of methoxy groups -OCH3 is 1. The highest BCUT2D eigenvalue weighted by molar-refractivity contribution is 5.94. The summed E-state index contributed by atoms with van der Waals surface area (Å²) in [6.45, 7) is 2.12. The molecule has 2 rings (SSSR count). The molecule has 1 saturated heterocycles.